The van der Waals surface area contributed by atoms with Crippen LogP contribution >= 0.6 is 0 Å². The number of piperidine rings is 1. The Morgan fingerprint density at radius 2 is 2.15 bits per heavy atom. The van der Waals surface area contributed by atoms with Gasteiger partial charge < -0.3 is 15.0 Å². The van der Waals surface area contributed by atoms with Gasteiger partial charge in [0.1, 0.15) is 6.33 Å². The molecule has 1 N–H and O–H groups in total. The number of ether oxygens (including phenoxy) is 1. The predicted octanol–water partition coefficient (Wildman–Crippen LogP) is 2.91. The first-order valence-electron chi connectivity index (χ1n) is 8.83. The highest BCUT2D eigenvalue weighted by atomic mass is 16.6. The fourth-order valence-electron chi connectivity index (χ4n) is 3.14. The normalized spacial score (nSPS) is 16.6. The van der Waals surface area contributed by atoms with Crippen LogP contribution in [0.15, 0.2) is 36.7 Å². The molecule has 1 aliphatic heterocycles. The zero-order valence-corrected chi connectivity index (χ0v) is 15.0. The molecule has 0 amide bonds. The summed E-state index contributed by atoms with van der Waals surface area (Å²) in [5, 5.41) is 14.7. The third-order valence-corrected chi connectivity index (χ3v) is 4.36. The lowest BCUT2D eigenvalue weighted by molar-refractivity contribution is -0.383. The average Bonchev–Trinajstić information content (AvgIpc) is 2.68. The zero-order valence-electron chi connectivity index (χ0n) is 15.0. The van der Waals surface area contributed by atoms with E-state index in [1.165, 1.54) is 6.33 Å². The second-order valence-corrected chi connectivity index (χ2v) is 6.18. The van der Waals surface area contributed by atoms with E-state index in [1.807, 2.05) is 18.2 Å². The van der Waals surface area contributed by atoms with Gasteiger partial charge in [0.15, 0.2) is 0 Å². The second kappa shape index (κ2) is 8.43. The molecule has 9 heteroatoms. The quantitative estimate of drug-likeness (QED) is 0.469. The first kappa shape index (κ1) is 18.6. The monoisotopic (exact) mass is 371 g/mol. The number of hydrogen-bond donors (Lipinski definition) is 1. The Hall–Kier alpha value is -3.23. The zero-order chi connectivity index (χ0) is 19.2. The van der Waals surface area contributed by atoms with Gasteiger partial charge in [0.2, 0.25) is 11.6 Å². The number of nitro groups is 1. The van der Waals surface area contributed by atoms with Crippen molar-refractivity contribution in [3.63, 3.8) is 0 Å². The standard InChI is InChI=1S/C18H21N5O4/c1-2-27-18(24)13-7-6-10-22(11-13)17-15(23(25)26)16(19-12-20-17)21-14-8-4-3-5-9-14/h3-5,8-9,12-13H,2,6-7,10-11H2,1H3,(H,19,20,21). The summed E-state index contributed by atoms with van der Waals surface area (Å²) in [4.78, 5) is 33.3. The van der Waals surface area contributed by atoms with Crippen LogP contribution in [-0.4, -0.2) is 40.6 Å². The molecule has 9 nitrogen and oxygen atoms in total. The van der Waals surface area contributed by atoms with Crippen LogP contribution in [0.2, 0.25) is 0 Å². The lowest BCUT2D eigenvalue weighted by Gasteiger charge is -2.32. The smallest absolute Gasteiger partial charge is 0.353 e. The molecule has 27 heavy (non-hydrogen) atoms. The van der Waals surface area contributed by atoms with Crippen LogP contribution in [0.5, 0.6) is 0 Å². The molecule has 1 saturated heterocycles. The van der Waals surface area contributed by atoms with Gasteiger partial charge in [-0.1, -0.05) is 18.2 Å². The van der Waals surface area contributed by atoms with E-state index in [-0.39, 0.29) is 29.2 Å². The van der Waals surface area contributed by atoms with Crippen LogP contribution in [0.1, 0.15) is 19.8 Å². The predicted molar refractivity (Wildman–Crippen MR) is 100.0 cm³/mol. The van der Waals surface area contributed by atoms with Crippen molar-refractivity contribution in [1.29, 1.82) is 0 Å². The summed E-state index contributed by atoms with van der Waals surface area (Å²) in [6.07, 6.45) is 2.72. The van der Waals surface area contributed by atoms with Crippen molar-refractivity contribution in [3.8, 4) is 0 Å². The fraction of sp³-hybridized carbons (Fsp3) is 0.389. The SMILES string of the molecule is CCOC(=O)C1CCCN(c2ncnc(Nc3ccccc3)c2[N+](=O)[O-])C1. The van der Waals surface area contributed by atoms with Crippen molar-refractivity contribution >= 4 is 29.0 Å². The van der Waals surface area contributed by atoms with Gasteiger partial charge in [-0.25, -0.2) is 9.97 Å². The van der Waals surface area contributed by atoms with Crippen molar-refractivity contribution in [1.82, 2.24) is 9.97 Å². The number of nitrogens with zero attached hydrogens (tertiary/aromatic N) is 4. The van der Waals surface area contributed by atoms with E-state index in [0.717, 1.165) is 6.42 Å². The second-order valence-electron chi connectivity index (χ2n) is 6.18. The van der Waals surface area contributed by atoms with E-state index in [2.05, 4.69) is 15.3 Å². The number of benzene rings is 1. The highest BCUT2D eigenvalue weighted by Crippen LogP contribution is 2.35. The lowest BCUT2D eigenvalue weighted by atomic mass is 9.98. The van der Waals surface area contributed by atoms with Gasteiger partial charge in [0.25, 0.3) is 0 Å². The van der Waals surface area contributed by atoms with Gasteiger partial charge in [0.05, 0.1) is 17.4 Å². The maximum Gasteiger partial charge on any atom is 0.353 e. The fourth-order valence-corrected chi connectivity index (χ4v) is 3.14. The molecule has 0 spiro atoms. The van der Waals surface area contributed by atoms with E-state index in [9.17, 15) is 14.9 Å². The molecule has 3 rings (SSSR count). The number of hydrogen-bond acceptors (Lipinski definition) is 8. The van der Waals surface area contributed by atoms with Gasteiger partial charge in [-0.3, -0.25) is 14.9 Å². The molecular weight excluding hydrogens is 350 g/mol. The molecule has 0 saturated carbocycles. The summed E-state index contributed by atoms with van der Waals surface area (Å²) in [5.41, 5.74) is 0.485. The Kier molecular flexibility index (Phi) is 5.80. The first-order chi connectivity index (χ1) is 13.1. The Labute approximate surface area is 156 Å². The van der Waals surface area contributed by atoms with Crippen LogP contribution in [0.25, 0.3) is 0 Å². The minimum atomic E-state index is -0.491. The van der Waals surface area contributed by atoms with Crippen LogP contribution in [0.3, 0.4) is 0 Å². The molecule has 1 aromatic carbocycles. The summed E-state index contributed by atoms with van der Waals surface area (Å²) < 4.78 is 5.10. The number of carbonyl (C=O) groups excluding carboxylic acids is 1. The molecule has 1 atom stereocenters. The van der Waals surface area contributed by atoms with E-state index in [1.54, 1.807) is 24.0 Å². The maximum atomic E-state index is 12.1. The molecule has 0 radical (unpaired) electrons. The van der Waals surface area contributed by atoms with E-state index < -0.39 is 4.92 Å². The summed E-state index contributed by atoms with van der Waals surface area (Å²) >= 11 is 0. The number of para-hydroxylation sites is 1. The van der Waals surface area contributed by atoms with Gasteiger partial charge in [-0.05, 0) is 31.9 Å². The molecular formula is C18H21N5O4. The topological polar surface area (TPSA) is 110 Å². The van der Waals surface area contributed by atoms with E-state index in [4.69, 9.17) is 4.74 Å². The van der Waals surface area contributed by atoms with Gasteiger partial charge in [0, 0.05) is 18.8 Å². The number of carbonyl (C=O) groups is 1. The van der Waals surface area contributed by atoms with Crippen molar-refractivity contribution in [2.24, 2.45) is 5.92 Å². The summed E-state index contributed by atoms with van der Waals surface area (Å²) in [7, 11) is 0. The molecule has 2 heterocycles. The molecule has 0 bridgehead atoms. The van der Waals surface area contributed by atoms with Crippen LogP contribution in [0.4, 0.5) is 23.0 Å². The molecule has 1 unspecified atom stereocenters. The largest absolute Gasteiger partial charge is 0.466 e. The minimum absolute atomic E-state index is 0.120. The minimum Gasteiger partial charge on any atom is -0.466 e. The van der Waals surface area contributed by atoms with Gasteiger partial charge in [-0.2, -0.15) is 0 Å². The van der Waals surface area contributed by atoms with Gasteiger partial charge >= 0.3 is 11.7 Å². The average molecular weight is 371 g/mol. The van der Waals surface area contributed by atoms with Crippen LogP contribution in [-0.2, 0) is 9.53 Å². The van der Waals surface area contributed by atoms with Gasteiger partial charge in [-0.15, -0.1) is 0 Å². The summed E-state index contributed by atoms with van der Waals surface area (Å²) in [6, 6.07) is 9.09. The van der Waals surface area contributed by atoms with Crippen molar-refractivity contribution in [2.75, 3.05) is 29.9 Å². The van der Waals surface area contributed by atoms with Crippen molar-refractivity contribution < 1.29 is 14.5 Å². The third-order valence-electron chi connectivity index (χ3n) is 4.36. The maximum absolute atomic E-state index is 12.1. The van der Waals surface area contributed by atoms with Crippen LogP contribution in [0, 0.1) is 16.0 Å². The van der Waals surface area contributed by atoms with E-state index >= 15 is 0 Å². The molecule has 2 aromatic rings. The number of aromatic nitrogens is 2. The Bertz CT molecular complexity index is 815. The molecule has 142 valence electrons. The van der Waals surface area contributed by atoms with Crippen LogP contribution < -0.4 is 10.2 Å². The molecule has 1 fully saturated rings. The Morgan fingerprint density at radius 3 is 2.85 bits per heavy atom. The molecule has 1 aromatic heterocycles. The number of rotatable bonds is 6. The summed E-state index contributed by atoms with van der Waals surface area (Å²) in [5.74, 6) is -0.266. The first-order valence-corrected chi connectivity index (χ1v) is 8.83. The Morgan fingerprint density at radius 1 is 1.37 bits per heavy atom. The Balaban J connectivity index is 1.89. The van der Waals surface area contributed by atoms with E-state index in [0.29, 0.717) is 31.8 Å². The van der Waals surface area contributed by atoms with Crippen molar-refractivity contribution in [3.05, 3.63) is 46.8 Å². The van der Waals surface area contributed by atoms with Crippen molar-refractivity contribution in [2.45, 2.75) is 19.8 Å². The molecule has 1 aliphatic rings. The summed E-state index contributed by atoms with van der Waals surface area (Å²) in [6.45, 7) is 2.99. The highest BCUT2D eigenvalue weighted by molar-refractivity contribution is 5.76. The number of esters is 1. The number of anilines is 3. The highest BCUT2D eigenvalue weighted by Gasteiger charge is 2.33. The number of nitrogens with one attached hydrogen (secondary N) is 1. The lowest BCUT2D eigenvalue weighted by Crippen LogP contribution is -2.40. The third kappa shape index (κ3) is 4.30. The molecule has 0 aliphatic carbocycles.